The number of halogens is 1. The van der Waals surface area contributed by atoms with E-state index in [0.29, 0.717) is 15.9 Å². The third-order valence-electron chi connectivity index (χ3n) is 3.07. The molecule has 6 heteroatoms. The van der Waals surface area contributed by atoms with Gasteiger partial charge in [0.15, 0.2) is 0 Å². The van der Waals surface area contributed by atoms with Crippen molar-refractivity contribution in [3.63, 3.8) is 0 Å². The van der Waals surface area contributed by atoms with Crippen LogP contribution < -0.4 is 10.9 Å². The number of aromatic amines is 1. The van der Waals surface area contributed by atoms with E-state index in [2.05, 4.69) is 15.3 Å². The first kappa shape index (κ1) is 11.8. The molecule has 16 heavy (non-hydrogen) atoms. The third-order valence-corrected chi connectivity index (χ3v) is 4.07. The zero-order chi connectivity index (χ0) is 11.6. The van der Waals surface area contributed by atoms with Gasteiger partial charge in [0.1, 0.15) is 9.39 Å². The fourth-order valence-corrected chi connectivity index (χ4v) is 2.26. The van der Waals surface area contributed by atoms with Crippen LogP contribution in [0.4, 0.5) is 5.82 Å². The predicted octanol–water partition coefficient (Wildman–Crippen LogP) is 1.36. The van der Waals surface area contributed by atoms with Gasteiger partial charge in [0.25, 0.3) is 5.56 Å². The second-order valence-electron chi connectivity index (χ2n) is 3.99. The highest BCUT2D eigenvalue weighted by Crippen LogP contribution is 2.35. The minimum absolute atomic E-state index is 0.0621. The molecule has 88 valence electrons. The van der Waals surface area contributed by atoms with E-state index in [4.69, 9.17) is 4.74 Å². The Kier molecular flexibility index (Phi) is 3.48. The maximum Gasteiger partial charge on any atom is 0.266 e. The van der Waals surface area contributed by atoms with E-state index >= 15 is 0 Å². The van der Waals surface area contributed by atoms with Crippen LogP contribution >= 0.6 is 22.6 Å². The lowest BCUT2D eigenvalue weighted by molar-refractivity contribution is -0.0601. The average molecular weight is 335 g/mol. The molecular formula is C10H14IN3O2. The number of aromatic nitrogens is 2. The maximum absolute atomic E-state index is 11.3. The number of anilines is 1. The van der Waals surface area contributed by atoms with Gasteiger partial charge in [-0.05, 0) is 41.9 Å². The van der Waals surface area contributed by atoms with E-state index < -0.39 is 0 Å². The van der Waals surface area contributed by atoms with Gasteiger partial charge in [-0.3, -0.25) is 4.79 Å². The molecule has 1 aliphatic carbocycles. The van der Waals surface area contributed by atoms with Crippen LogP contribution in [0, 0.1) is 3.57 Å². The van der Waals surface area contributed by atoms with Crippen molar-refractivity contribution in [2.75, 3.05) is 19.0 Å². The number of H-pyrrole nitrogens is 1. The van der Waals surface area contributed by atoms with Crippen LogP contribution in [-0.4, -0.2) is 29.2 Å². The molecule has 1 heterocycles. The van der Waals surface area contributed by atoms with Crippen LogP contribution in [0.1, 0.15) is 19.3 Å². The molecule has 0 aliphatic heterocycles. The molecule has 1 aliphatic rings. The van der Waals surface area contributed by atoms with Crippen LogP contribution in [0.25, 0.3) is 0 Å². The molecular weight excluding hydrogens is 321 g/mol. The lowest BCUT2D eigenvalue weighted by Crippen LogP contribution is -2.45. The molecule has 0 amide bonds. The molecule has 0 radical (unpaired) electrons. The largest absolute Gasteiger partial charge is 0.376 e. The highest BCUT2D eigenvalue weighted by atomic mass is 127. The number of methoxy groups -OCH3 is 1. The van der Waals surface area contributed by atoms with E-state index in [1.165, 1.54) is 12.7 Å². The fourth-order valence-electron chi connectivity index (χ4n) is 1.78. The smallest absolute Gasteiger partial charge is 0.266 e. The van der Waals surface area contributed by atoms with E-state index in [1.807, 2.05) is 22.6 Å². The van der Waals surface area contributed by atoms with Crippen molar-refractivity contribution in [2.45, 2.75) is 24.9 Å². The monoisotopic (exact) mass is 335 g/mol. The first-order valence-electron chi connectivity index (χ1n) is 5.19. The summed E-state index contributed by atoms with van der Waals surface area (Å²) in [5, 5.41) is 3.18. The van der Waals surface area contributed by atoms with Crippen LogP contribution in [0.5, 0.6) is 0 Å². The molecule has 2 rings (SSSR count). The minimum Gasteiger partial charge on any atom is -0.376 e. The SMILES string of the molecule is COC1(CNc2nc[nH]c(=O)c2I)CCC1. The van der Waals surface area contributed by atoms with Crippen LogP contribution in [-0.2, 0) is 4.74 Å². The Balaban J connectivity index is 2.04. The van der Waals surface area contributed by atoms with Gasteiger partial charge in [-0.15, -0.1) is 0 Å². The zero-order valence-electron chi connectivity index (χ0n) is 9.05. The highest BCUT2D eigenvalue weighted by molar-refractivity contribution is 14.1. The summed E-state index contributed by atoms with van der Waals surface area (Å²) in [4.78, 5) is 18.0. The zero-order valence-corrected chi connectivity index (χ0v) is 11.2. The summed E-state index contributed by atoms with van der Waals surface area (Å²) in [5.74, 6) is 0.632. The standard InChI is InChI=1S/C10H14IN3O2/c1-16-10(3-2-4-10)5-12-8-7(11)9(15)14-6-13-8/h6H,2-5H2,1H3,(H2,12,13,14,15). The third kappa shape index (κ3) is 2.22. The Hall–Kier alpha value is -0.630. The molecule has 5 nitrogen and oxygen atoms in total. The van der Waals surface area contributed by atoms with Gasteiger partial charge in [0.2, 0.25) is 0 Å². The summed E-state index contributed by atoms with van der Waals surface area (Å²) in [6.45, 7) is 0.704. The van der Waals surface area contributed by atoms with Crippen molar-refractivity contribution in [1.82, 2.24) is 9.97 Å². The van der Waals surface area contributed by atoms with Crippen molar-refractivity contribution in [3.8, 4) is 0 Å². The van der Waals surface area contributed by atoms with Crippen molar-refractivity contribution in [2.24, 2.45) is 0 Å². The lowest BCUT2D eigenvalue weighted by atomic mass is 9.80. The molecule has 0 aromatic carbocycles. The second-order valence-corrected chi connectivity index (χ2v) is 5.07. The molecule has 1 aromatic heterocycles. The van der Waals surface area contributed by atoms with Crippen LogP contribution in [0.15, 0.2) is 11.1 Å². The highest BCUT2D eigenvalue weighted by Gasteiger charge is 2.36. The van der Waals surface area contributed by atoms with Gasteiger partial charge in [0.05, 0.1) is 11.9 Å². The Bertz CT molecular complexity index is 423. The van der Waals surface area contributed by atoms with Crippen molar-refractivity contribution < 1.29 is 4.74 Å². The summed E-state index contributed by atoms with van der Waals surface area (Å²) < 4.78 is 6.08. The molecule has 0 atom stereocenters. The number of rotatable bonds is 4. The van der Waals surface area contributed by atoms with E-state index in [1.54, 1.807) is 7.11 Å². The first-order chi connectivity index (χ1) is 7.67. The van der Waals surface area contributed by atoms with Gasteiger partial charge in [-0.1, -0.05) is 0 Å². The van der Waals surface area contributed by atoms with Gasteiger partial charge < -0.3 is 15.0 Å². The average Bonchev–Trinajstić information content (AvgIpc) is 2.23. The van der Waals surface area contributed by atoms with Crippen molar-refractivity contribution >= 4 is 28.4 Å². The Morgan fingerprint density at radius 1 is 1.69 bits per heavy atom. The molecule has 1 aromatic rings. The topological polar surface area (TPSA) is 67.0 Å². The number of nitrogens with zero attached hydrogens (tertiary/aromatic N) is 1. The first-order valence-corrected chi connectivity index (χ1v) is 6.27. The molecule has 1 saturated carbocycles. The summed E-state index contributed by atoms with van der Waals surface area (Å²) in [6, 6.07) is 0. The normalized spacial score (nSPS) is 17.9. The van der Waals surface area contributed by atoms with Crippen LogP contribution in [0.2, 0.25) is 0 Å². The molecule has 0 bridgehead atoms. The number of ether oxygens (including phenoxy) is 1. The molecule has 0 unspecified atom stereocenters. The summed E-state index contributed by atoms with van der Waals surface area (Å²) in [6.07, 6.45) is 4.75. The number of nitrogens with one attached hydrogen (secondary N) is 2. The number of hydrogen-bond acceptors (Lipinski definition) is 4. The summed E-state index contributed by atoms with van der Waals surface area (Å²) in [7, 11) is 1.73. The van der Waals surface area contributed by atoms with Gasteiger partial charge in [0, 0.05) is 13.7 Å². The van der Waals surface area contributed by atoms with E-state index in [0.717, 1.165) is 12.8 Å². The molecule has 2 N–H and O–H groups in total. The molecule has 1 fully saturated rings. The molecule has 0 saturated heterocycles. The summed E-state index contributed by atoms with van der Waals surface area (Å²) in [5.41, 5.74) is -0.175. The van der Waals surface area contributed by atoms with Gasteiger partial charge in [-0.2, -0.15) is 0 Å². The number of hydrogen-bond donors (Lipinski definition) is 2. The Morgan fingerprint density at radius 3 is 3.00 bits per heavy atom. The van der Waals surface area contributed by atoms with Gasteiger partial charge in [-0.25, -0.2) is 4.98 Å². The Morgan fingerprint density at radius 2 is 2.44 bits per heavy atom. The van der Waals surface area contributed by atoms with Crippen molar-refractivity contribution in [1.29, 1.82) is 0 Å². The second kappa shape index (κ2) is 4.70. The Labute approximate surface area is 107 Å². The fraction of sp³-hybridized carbons (Fsp3) is 0.600. The van der Waals surface area contributed by atoms with E-state index in [-0.39, 0.29) is 11.2 Å². The predicted molar refractivity (Wildman–Crippen MR) is 69.7 cm³/mol. The van der Waals surface area contributed by atoms with Crippen LogP contribution in [0.3, 0.4) is 0 Å². The lowest BCUT2D eigenvalue weighted by Gasteiger charge is -2.40. The quantitative estimate of drug-likeness (QED) is 0.816. The molecule has 0 spiro atoms. The van der Waals surface area contributed by atoms with Gasteiger partial charge >= 0.3 is 0 Å². The minimum atomic E-state index is -0.113. The maximum atomic E-state index is 11.3. The summed E-state index contributed by atoms with van der Waals surface area (Å²) >= 11 is 1.99. The van der Waals surface area contributed by atoms with E-state index in [9.17, 15) is 4.79 Å². The van der Waals surface area contributed by atoms with Crippen molar-refractivity contribution in [3.05, 3.63) is 20.3 Å².